The molecule has 0 atom stereocenters. The summed E-state index contributed by atoms with van der Waals surface area (Å²) in [5.74, 6) is 0.900. The minimum Gasteiger partial charge on any atom is -0.311 e. The summed E-state index contributed by atoms with van der Waals surface area (Å²) in [6.45, 7) is 3.48. The molecule has 0 saturated heterocycles. The van der Waals surface area contributed by atoms with Gasteiger partial charge in [0.25, 0.3) is 0 Å². The van der Waals surface area contributed by atoms with Gasteiger partial charge in [0.05, 0.1) is 0 Å². The molecule has 5 heteroatoms. The van der Waals surface area contributed by atoms with E-state index in [1.165, 1.54) is 6.07 Å². The lowest BCUT2D eigenvalue weighted by molar-refractivity contribution is -0.115. The highest BCUT2D eigenvalue weighted by Gasteiger charge is 2.02. The van der Waals surface area contributed by atoms with E-state index in [1.807, 2.05) is 0 Å². The number of carbonyl (C=O) groups excluding carboxylic acids is 1. The standard InChI is InChI=1S/C8H10ClN3O/c1-3-8(13)12-7-4-6(9)10-5(2)11-7/h4H,3H2,1-2H3,(H,10,11,12,13). The first-order chi connectivity index (χ1) is 6.11. The van der Waals surface area contributed by atoms with Crippen LogP contribution in [0.25, 0.3) is 0 Å². The van der Waals surface area contributed by atoms with Gasteiger partial charge in [-0.3, -0.25) is 4.79 Å². The SMILES string of the molecule is CCC(=O)Nc1cc(Cl)nc(C)n1. The van der Waals surface area contributed by atoms with Crippen molar-refractivity contribution in [3.05, 3.63) is 17.0 Å². The zero-order valence-corrected chi connectivity index (χ0v) is 8.22. The third-order valence-electron chi connectivity index (χ3n) is 1.40. The van der Waals surface area contributed by atoms with E-state index in [1.54, 1.807) is 13.8 Å². The van der Waals surface area contributed by atoms with Crippen LogP contribution in [-0.2, 0) is 4.79 Å². The molecular weight excluding hydrogens is 190 g/mol. The molecule has 0 fully saturated rings. The molecule has 0 aliphatic carbocycles. The number of anilines is 1. The number of carbonyl (C=O) groups is 1. The molecule has 4 nitrogen and oxygen atoms in total. The second kappa shape index (κ2) is 4.18. The van der Waals surface area contributed by atoms with Crippen LogP contribution in [-0.4, -0.2) is 15.9 Å². The predicted octanol–water partition coefficient (Wildman–Crippen LogP) is 1.79. The van der Waals surface area contributed by atoms with Gasteiger partial charge >= 0.3 is 0 Å². The molecule has 0 radical (unpaired) electrons. The summed E-state index contributed by atoms with van der Waals surface area (Å²) < 4.78 is 0. The Balaban J connectivity index is 2.83. The monoisotopic (exact) mass is 199 g/mol. The molecule has 0 saturated carbocycles. The molecular formula is C8H10ClN3O. The highest BCUT2D eigenvalue weighted by molar-refractivity contribution is 6.29. The molecule has 0 aliphatic heterocycles. The Labute approximate surface area is 81.3 Å². The molecule has 0 bridgehead atoms. The number of aromatic nitrogens is 2. The number of aryl methyl sites for hydroxylation is 1. The zero-order chi connectivity index (χ0) is 9.84. The molecule has 0 unspecified atom stereocenters. The quantitative estimate of drug-likeness (QED) is 0.739. The molecule has 0 aliphatic rings. The predicted molar refractivity (Wildman–Crippen MR) is 50.7 cm³/mol. The van der Waals surface area contributed by atoms with Gasteiger partial charge in [0.15, 0.2) is 0 Å². The number of nitrogens with one attached hydrogen (secondary N) is 1. The number of nitrogens with zero attached hydrogens (tertiary/aromatic N) is 2. The molecule has 1 N–H and O–H groups in total. The Kier molecular flexibility index (Phi) is 3.19. The van der Waals surface area contributed by atoms with Gasteiger partial charge < -0.3 is 5.32 Å². The van der Waals surface area contributed by atoms with Crippen molar-refractivity contribution in [1.29, 1.82) is 0 Å². The van der Waals surface area contributed by atoms with Crippen molar-refractivity contribution in [3.63, 3.8) is 0 Å². The van der Waals surface area contributed by atoms with E-state index < -0.39 is 0 Å². The van der Waals surface area contributed by atoms with Crippen LogP contribution in [0.5, 0.6) is 0 Å². The van der Waals surface area contributed by atoms with Crippen molar-refractivity contribution in [3.8, 4) is 0 Å². The molecule has 1 aromatic heterocycles. The van der Waals surface area contributed by atoms with E-state index in [2.05, 4.69) is 15.3 Å². The molecule has 1 heterocycles. The van der Waals surface area contributed by atoms with Crippen LogP contribution in [0.15, 0.2) is 6.07 Å². The van der Waals surface area contributed by atoms with E-state index in [0.717, 1.165) is 0 Å². The van der Waals surface area contributed by atoms with Crippen molar-refractivity contribution >= 4 is 23.3 Å². The van der Waals surface area contributed by atoms with Crippen LogP contribution < -0.4 is 5.32 Å². The smallest absolute Gasteiger partial charge is 0.225 e. The molecule has 1 aromatic rings. The molecule has 70 valence electrons. The van der Waals surface area contributed by atoms with Gasteiger partial charge in [0.2, 0.25) is 5.91 Å². The highest BCUT2D eigenvalue weighted by atomic mass is 35.5. The Hall–Kier alpha value is -1.16. The largest absolute Gasteiger partial charge is 0.311 e. The van der Waals surface area contributed by atoms with Gasteiger partial charge in [0.1, 0.15) is 16.8 Å². The van der Waals surface area contributed by atoms with Gasteiger partial charge in [-0.25, -0.2) is 9.97 Å². The lowest BCUT2D eigenvalue weighted by Crippen LogP contribution is -2.11. The van der Waals surface area contributed by atoms with Crippen molar-refractivity contribution in [2.24, 2.45) is 0 Å². The van der Waals surface area contributed by atoms with Crippen LogP contribution in [0.4, 0.5) is 5.82 Å². The third kappa shape index (κ3) is 2.99. The van der Waals surface area contributed by atoms with Gasteiger partial charge in [-0.1, -0.05) is 18.5 Å². The van der Waals surface area contributed by atoms with Crippen molar-refractivity contribution in [2.75, 3.05) is 5.32 Å². The van der Waals surface area contributed by atoms with Crippen molar-refractivity contribution in [1.82, 2.24) is 9.97 Å². The zero-order valence-electron chi connectivity index (χ0n) is 7.47. The lowest BCUT2D eigenvalue weighted by atomic mass is 10.4. The van der Waals surface area contributed by atoms with Crippen LogP contribution in [0, 0.1) is 6.92 Å². The highest BCUT2D eigenvalue weighted by Crippen LogP contribution is 2.10. The topological polar surface area (TPSA) is 54.9 Å². The summed E-state index contributed by atoms with van der Waals surface area (Å²) in [7, 11) is 0. The van der Waals surface area contributed by atoms with Crippen LogP contribution in [0.3, 0.4) is 0 Å². The van der Waals surface area contributed by atoms with E-state index in [9.17, 15) is 4.79 Å². The molecule has 1 amide bonds. The minimum atomic E-state index is -0.0887. The van der Waals surface area contributed by atoms with Crippen LogP contribution >= 0.6 is 11.6 Å². The summed E-state index contributed by atoms with van der Waals surface area (Å²) in [4.78, 5) is 18.9. The first kappa shape index (κ1) is 9.92. The van der Waals surface area contributed by atoms with Crippen LogP contribution in [0.1, 0.15) is 19.2 Å². The van der Waals surface area contributed by atoms with E-state index in [4.69, 9.17) is 11.6 Å². The van der Waals surface area contributed by atoms with Crippen molar-refractivity contribution in [2.45, 2.75) is 20.3 Å². The number of hydrogen-bond acceptors (Lipinski definition) is 3. The minimum absolute atomic E-state index is 0.0887. The number of hydrogen-bond donors (Lipinski definition) is 1. The number of amides is 1. The number of rotatable bonds is 2. The Morgan fingerprint density at radius 3 is 2.85 bits per heavy atom. The van der Waals surface area contributed by atoms with Crippen molar-refractivity contribution < 1.29 is 4.79 Å². The molecule has 1 rings (SSSR count). The van der Waals surface area contributed by atoms with Gasteiger partial charge in [-0.15, -0.1) is 0 Å². The van der Waals surface area contributed by atoms with Gasteiger partial charge in [0, 0.05) is 12.5 Å². The maximum atomic E-state index is 11.0. The second-order valence-electron chi connectivity index (χ2n) is 2.52. The van der Waals surface area contributed by atoms with Crippen LogP contribution in [0.2, 0.25) is 5.15 Å². The van der Waals surface area contributed by atoms with Gasteiger partial charge in [-0.2, -0.15) is 0 Å². The van der Waals surface area contributed by atoms with E-state index >= 15 is 0 Å². The second-order valence-corrected chi connectivity index (χ2v) is 2.91. The first-order valence-corrected chi connectivity index (χ1v) is 4.30. The average Bonchev–Trinajstić information content (AvgIpc) is 2.02. The maximum absolute atomic E-state index is 11.0. The summed E-state index contributed by atoms with van der Waals surface area (Å²) in [6, 6.07) is 1.52. The Bertz CT molecular complexity index is 307. The fourth-order valence-corrected chi connectivity index (χ4v) is 1.05. The summed E-state index contributed by atoms with van der Waals surface area (Å²) >= 11 is 5.67. The number of halogens is 1. The molecule has 0 aromatic carbocycles. The normalized spacial score (nSPS) is 9.77. The lowest BCUT2D eigenvalue weighted by Gasteiger charge is -2.02. The van der Waals surface area contributed by atoms with E-state index in [0.29, 0.717) is 23.2 Å². The first-order valence-electron chi connectivity index (χ1n) is 3.93. The van der Waals surface area contributed by atoms with Gasteiger partial charge in [-0.05, 0) is 6.92 Å². The summed E-state index contributed by atoms with van der Waals surface area (Å²) in [5, 5.41) is 2.93. The fraction of sp³-hybridized carbons (Fsp3) is 0.375. The fourth-order valence-electron chi connectivity index (χ4n) is 0.827. The molecule has 13 heavy (non-hydrogen) atoms. The summed E-state index contributed by atoms with van der Waals surface area (Å²) in [6.07, 6.45) is 0.417. The Morgan fingerprint density at radius 2 is 2.31 bits per heavy atom. The summed E-state index contributed by atoms with van der Waals surface area (Å²) in [5.41, 5.74) is 0. The molecule has 0 spiro atoms. The average molecular weight is 200 g/mol. The maximum Gasteiger partial charge on any atom is 0.225 e. The Morgan fingerprint density at radius 1 is 1.62 bits per heavy atom. The van der Waals surface area contributed by atoms with E-state index in [-0.39, 0.29) is 5.91 Å². The third-order valence-corrected chi connectivity index (χ3v) is 1.59.